The molecule has 6 heteroatoms. The fourth-order valence-electron chi connectivity index (χ4n) is 2.53. The highest BCUT2D eigenvalue weighted by molar-refractivity contribution is 5.99. The maximum Gasteiger partial charge on any atom is 0.277 e. The zero-order chi connectivity index (χ0) is 14.7. The van der Waals surface area contributed by atoms with E-state index in [1.807, 2.05) is 0 Å². The number of hydrogen-bond acceptors (Lipinski definition) is 5. The Bertz CT molecular complexity index is 712. The molecule has 6 nitrogen and oxygen atoms in total. The van der Waals surface area contributed by atoms with E-state index in [-0.39, 0.29) is 10.6 Å². The number of rotatable bonds is 4. The predicted octanol–water partition coefficient (Wildman–Crippen LogP) is 2.47. The van der Waals surface area contributed by atoms with Gasteiger partial charge in [-0.25, -0.2) is 0 Å². The second-order valence-electron chi connectivity index (χ2n) is 4.98. The maximum absolute atomic E-state index is 11.1. The summed E-state index contributed by atoms with van der Waals surface area (Å²) < 4.78 is 0. The summed E-state index contributed by atoms with van der Waals surface area (Å²) in [6.45, 7) is 2.65. The number of anilines is 1. The first kappa shape index (κ1) is 13.5. The molecule has 1 aromatic carbocycles. The largest absolute Gasteiger partial charge is 0.381 e. The molecule has 0 amide bonds. The highest BCUT2D eigenvalue weighted by atomic mass is 16.6. The van der Waals surface area contributed by atoms with Crippen LogP contribution >= 0.6 is 0 Å². The molecule has 0 unspecified atom stereocenters. The summed E-state index contributed by atoms with van der Waals surface area (Å²) in [5, 5.41) is 19.1. The van der Waals surface area contributed by atoms with Crippen LogP contribution in [0.15, 0.2) is 42.2 Å². The fraction of sp³-hybridized carbons (Fsp3) is 0.267. The summed E-state index contributed by atoms with van der Waals surface area (Å²) in [4.78, 5) is 14.8. The molecule has 0 saturated heterocycles. The molecule has 108 valence electrons. The van der Waals surface area contributed by atoms with Gasteiger partial charge in [-0.05, 0) is 25.1 Å². The van der Waals surface area contributed by atoms with Gasteiger partial charge in [0, 0.05) is 42.6 Å². The second kappa shape index (κ2) is 5.88. The first-order valence-corrected chi connectivity index (χ1v) is 6.89. The van der Waals surface area contributed by atoms with Gasteiger partial charge in [0.25, 0.3) is 5.69 Å². The predicted molar refractivity (Wildman–Crippen MR) is 82.5 cm³/mol. The first-order chi connectivity index (χ1) is 10.3. The molecule has 2 heterocycles. The van der Waals surface area contributed by atoms with Crippen LogP contribution < -0.4 is 10.6 Å². The molecule has 0 atom stereocenters. The Balaban J connectivity index is 1.90. The molecule has 0 bridgehead atoms. The number of nitrogens with one attached hydrogen (secondary N) is 2. The van der Waals surface area contributed by atoms with Crippen molar-refractivity contribution >= 4 is 22.1 Å². The summed E-state index contributed by atoms with van der Waals surface area (Å²) in [6.07, 6.45) is 6.45. The zero-order valence-corrected chi connectivity index (χ0v) is 11.5. The van der Waals surface area contributed by atoms with Crippen molar-refractivity contribution in [2.45, 2.75) is 6.42 Å². The van der Waals surface area contributed by atoms with E-state index in [1.165, 1.54) is 5.57 Å². The van der Waals surface area contributed by atoms with Gasteiger partial charge in [-0.1, -0.05) is 11.6 Å². The summed E-state index contributed by atoms with van der Waals surface area (Å²) >= 11 is 0. The SMILES string of the molecule is O=[N+]([O-])c1ccc(NCC2=CCNCC2)c2cnccc12. The van der Waals surface area contributed by atoms with Gasteiger partial charge in [-0.3, -0.25) is 15.1 Å². The van der Waals surface area contributed by atoms with Crippen LogP contribution in [0.4, 0.5) is 11.4 Å². The fourth-order valence-corrected chi connectivity index (χ4v) is 2.53. The van der Waals surface area contributed by atoms with Gasteiger partial charge in [0.05, 0.1) is 10.3 Å². The topological polar surface area (TPSA) is 80.1 Å². The molecule has 1 aromatic heterocycles. The maximum atomic E-state index is 11.1. The van der Waals surface area contributed by atoms with Gasteiger partial charge in [0.2, 0.25) is 0 Å². The van der Waals surface area contributed by atoms with E-state index in [9.17, 15) is 10.1 Å². The van der Waals surface area contributed by atoms with Crippen LogP contribution in [0.2, 0.25) is 0 Å². The third kappa shape index (κ3) is 2.85. The van der Waals surface area contributed by atoms with Crippen molar-refractivity contribution in [3.63, 3.8) is 0 Å². The zero-order valence-electron chi connectivity index (χ0n) is 11.5. The molecule has 0 saturated carbocycles. The average molecular weight is 284 g/mol. The first-order valence-electron chi connectivity index (χ1n) is 6.89. The molecular weight excluding hydrogens is 268 g/mol. The number of benzene rings is 1. The minimum atomic E-state index is -0.360. The molecule has 21 heavy (non-hydrogen) atoms. The molecule has 1 aliphatic rings. The summed E-state index contributed by atoms with van der Waals surface area (Å²) in [6, 6.07) is 4.98. The number of nitro benzene ring substituents is 1. The standard InChI is InChI=1S/C15H16N4O2/c20-19(21)15-2-1-14(13-10-17-8-5-12(13)15)18-9-11-3-6-16-7-4-11/h1-3,5,8,10,16,18H,4,6-7,9H2. The van der Waals surface area contributed by atoms with Gasteiger partial charge in [-0.2, -0.15) is 0 Å². The van der Waals surface area contributed by atoms with E-state index >= 15 is 0 Å². The Morgan fingerprint density at radius 1 is 1.33 bits per heavy atom. The summed E-state index contributed by atoms with van der Waals surface area (Å²) in [5.41, 5.74) is 2.34. The van der Waals surface area contributed by atoms with Crippen molar-refractivity contribution < 1.29 is 4.92 Å². The molecule has 2 aromatic rings. The van der Waals surface area contributed by atoms with Crippen LogP contribution in [0.25, 0.3) is 10.8 Å². The van der Waals surface area contributed by atoms with Gasteiger partial charge in [0.15, 0.2) is 0 Å². The van der Waals surface area contributed by atoms with E-state index < -0.39 is 0 Å². The number of pyridine rings is 1. The lowest BCUT2D eigenvalue weighted by Crippen LogP contribution is -2.23. The molecule has 0 fully saturated rings. The number of aromatic nitrogens is 1. The molecule has 2 N–H and O–H groups in total. The Hall–Kier alpha value is -2.47. The van der Waals surface area contributed by atoms with Crippen molar-refractivity contribution in [3.8, 4) is 0 Å². The van der Waals surface area contributed by atoms with Gasteiger partial charge >= 0.3 is 0 Å². The number of nitro groups is 1. The van der Waals surface area contributed by atoms with Gasteiger partial charge < -0.3 is 10.6 Å². The van der Waals surface area contributed by atoms with E-state index in [0.717, 1.165) is 37.1 Å². The van der Waals surface area contributed by atoms with E-state index in [2.05, 4.69) is 21.7 Å². The third-order valence-electron chi connectivity index (χ3n) is 3.66. The van der Waals surface area contributed by atoms with E-state index in [1.54, 1.807) is 30.6 Å². The van der Waals surface area contributed by atoms with Crippen molar-refractivity contribution in [3.05, 3.63) is 52.4 Å². The lowest BCUT2D eigenvalue weighted by Gasteiger charge is -2.16. The van der Waals surface area contributed by atoms with Crippen LogP contribution in [0.3, 0.4) is 0 Å². The Morgan fingerprint density at radius 2 is 2.24 bits per heavy atom. The smallest absolute Gasteiger partial charge is 0.277 e. The normalized spacial score (nSPS) is 14.8. The van der Waals surface area contributed by atoms with Crippen LogP contribution in [0.1, 0.15) is 6.42 Å². The third-order valence-corrected chi connectivity index (χ3v) is 3.66. The lowest BCUT2D eigenvalue weighted by molar-refractivity contribution is -0.383. The summed E-state index contributed by atoms with van der Waals surface area (Å²) in [7, 11) is 0. The number of fused-ring (bicyclic) bond motifs is 1. The quantitative estimate of drug-likeness (QED) is 0.512. The van der Waals surface area contributed by atoms with E-state index in [4.69, 9.17) is 0 Å². The highest BCUT2D eigenvalue weighted by Crippen LogP contribution is 2.30. The molecule has 0 spiro atoms. The molecule has 3 rings (SSSR count). The minimum Gasteiger partial charge on any atom is -0.381 e. The van der Waals surface area contributed by atoms with Crippen LogP contribution in [0.5, 0.6) is 0 Å². The monoisotopic (exact) mass is 284 g/mol. The van der Waals surface area contributed by atoms with E-state index in [0.29, 0.717) is 5.39 Å². The number of hydrogen-bond donors (Lipinski definition) is 2. The van der Waals surface area contributed by atoms with Crippen LogP contribution in [-0.4, -0.2) is 29.5 Å². The van der Waals surface area contributed by atoms with Crippen molar-refractivity contribution in [2.75, 3.05) is 25.0 Å². The van der Waals surface area contributed by atoms with Gasteiger partial charge in [0.1, 0.15) is 0 Å². The van der Waals surface area contributed by atoms with Crippen LogP contribution in [0, 0.1) is 10.1 Å². The van der Waals surface area contributed by atoms with Crippen molar-refractivity contribution in [2.24, 2.45) is 0 Å². The Morgan fingerprint density at radius 3 is 3.00 bits per heavy atom. The molecule has 0 radical (unpaired) electrons. The van der Waals surface area contributed by atoms with Crippen molar-refractivity contribution in [1.82, 2.24) is 10.3 Å². The molecule has 1 aliphatic heterocycles. The minimum absolute atomic E-state index is 0.110. The summed E-state index contributed by atoms with van der Waals surface area (Å²) in [5.74, 6) is 0. The molecular formula is C15H16N4O2. The van der Waals surface area contributed by atoms with Crippen LogP contribution in [-0.2, 0) is 0 Å². The average Bonchev–Trinajstić information content (AvgIpc) is 2.53. The van der Waals surface area contributed by atoms with Crippen molar-refractivity contribution in [1.29, 1.82) is 0 Å². The number of nitrogens with zero attached hydrogens (tertiary/aromatic N) is 2. The Labute approximate surface area is 122 Å². The second-order valence-corrected chi connectivity index (χ2v) is 4.98. The van der Waals surface area contributed by atoms with Gasteiger partial charge in [-0.15, -0.1) is 0 Å². The Kier molecular flexibility index (Phi) is 3.79. The lowest BCUT2D eigenvalue weighted by atomic mass is 10.1. The molecule has 0 aliphatic carbocycles. The highest BCUT2D eigenvalue weighted by Gasteiger charge is 2.14. The number of non-ortho nitro benzene ring substituents is 1.